The summed E-state index contributed by atoms with van der Waals surface area (Å²) in [5.41, 5.74) is 2.99. The normalized spacial score (nSPS) is 16.3. The molecule has 1 fully saturated rings. The summed E-state index contributed by atoms with van der Waals surface area (Å²) in [6.07, 6.45) is 5.42. The molecule has 1 nitrogen and oxygen atoms in total. The van der Waals surface area contributed by atoms with E-state index in [-0.39, 0.29) is 0 Å². The van der Waals surface area contributed by atoms with Gasteiger partial charge in [0.15, 0.2) is 0 Å². The van der Waals surface area contributed by atoms with Gasteiger partial charge in [0.05, 0.1) is 0 Å². The van der Waals surface area contributed by atoms with Crippen LogP contribution in [0.4, 0.5) is 0 Å². The number of rotatable bonds is 5. The molecule has 1 aliphatic rings. The predicted molar refractivity (Wildman–Crippen MR) is 65.0 cm³/mol. The van der Waals surface area contributed by atoms with E-state index in [0.717, 1.165) is 19.0 Å². The molecule has 15 heavy (non-hydrogen) atoms. The Morgan fingerprint density at radius 3 is 2.87 bits per heavy atom. The molecule has 0 spiro atoms. The highest BCUT2D eigenvalue weighted by molar-refractivity contribution is 5.27. The van der Waals surface area contributed by atoms with Gasteiger partial charge in [-0.15, -0.1) is 0 Å². The first-order valence-electron chi connectivity index (χ1n) is 6.19. The predicted octanol–water partition coefficient (Wildman–Crippen LogP) is 3.45. The molecule has 1 aromatic rings. The molecule has 82 valence electrons. The zero-order valence-corrected chi connectivity index (χ0v) is 9.63. The second kappa shape index (κ2) is 5.32. The number of benzene rings is 1. The molecule has 1 heteroatoms. The second-order valence-electron chi connectivity index (χ2n) is 4.55. The minimum Gasteiger partial charge on any atom is -0.313 e. The van der Waals surface area contributed by atoms with Gasteiger partial charge in [0, 0.05) is 6.54 Å². The minimum absolute atomic E-state index is 0.858. The van der Waals surface area contributed by atoms with E-state index in [0.29, 0.717) is 0 Å². The fraction of sp³-hybridized carbons (Fsp3) is 0.571. The molecule has 0 bridgehead atoms. The smallest absolute Gasteiger partial charge is 0.0205 e. The summed E-state index contributed by atoms with van der Waals surface area (Å²) in [6, 6.07) is 9.10. The van der Waals surface area contributed by atoms with E-state index in [9.17, 15) is 0 Å². The molecular formula is C14H21N. The highest BCUT2D eigenvalue weighted by Crippen LogP contribution is 2.36. The van der Waals surface area contributed by atoms with Crippen molar-refractivity contribution in [1.82, 2.24) is 5.32 Å². The molecule has 1 aromatic carbocycles. The van der Waals surface area contributed by atoms with Gasteiger partial charge in [0.1, 0.15) is 0 Å². The first-order valence-corrected chi connectivity index (χ1v) is 6.19. The lowest BCUT2D eigenvalue weighted by Gasteiger charge is -2.26. The Hall–Kier alpha value is -0.820. The minimum atomic E-state index is 0.858. The van der Waals surface area contributed by atoms with Crippen LogP contribution < -0.4 is 5.32 Å². The van der Waals surface area contributed by atoms with Gasteiger partial charge >= 0.3 is 0 Å². The Balaban J connectivity index is 1.92. The van der Waals surface area contributed by atoms with Crippen molar-refractivity contribution in [1.29, 1.82) is 0 Å². The van der Waals surface area contributed by atoms with Crippen LogP contribution in [0.2, 0.25) is 0 Å². The third-order valence-corrected chi connectivity index (χ3v) is 3.28. The van der Waals surface area contributed by atoms with Gasteiger partial charge in [-0.1, -0.05) is 37.6 Å². The Bertz CT molecular complexity index is 302. The van der Waals surface area contributed by atoms with Crippen molar-refractivity contribution in [2.75, 3.05) is 6.54 Å². The zero-order chi connectivity index (χ0) is 10.5. The molecular weight excluding hydrogens is 182 g/mol. The molecule has 0 unspecified atom stereocenters. The van der Waals surface area contributed by atoms with Gasteiger partial charge in [0.25, 0.3) is 0 Å². The van der Waals surface area contributed by atoms with Crippen molar-refractivity contribution >= 4 is 0 Å². The van der Waals surface area contributed by atoms with Gasteiger partial charge in [-0.25, -0.2) is 0 Å². The van der Waals surface area contributed by atoms with Crippen LogP contribution in [0, 0.1) is 0 Å². The molecule has 0 radical (unpaired) electrons. The molecule has 1 saturated carbocycles. The van der Waals surface area contributed by atoms with E-state index >= 15 is 0 Å². The first kappa shape index (κ1) is 10.7. The highest BCUT2D eigenvalue weighted by atomic mass is 14.8. The van der Waals surface area contributed by atoms with E-state index in [1.807, 2.05) is 0 Å². The largest absolute Gasteiger partial charge is 0.313 e. The van der Waals surface area contributed by atoms with Crippen molar-refractivity contribution in [3.05, 3.63) is 35.4 Å². The van der Waals surface area contributed by atoms with E-state index in [1.165, 1.54) is 31.2 Å². The number of hydrogen-bond acceptors (Lipinski definition) is 1. The molecule has 0 saturated heterocycles. The van der Waals surface area contributed by atoms with Crippen LogP contribution in [0.15, 0.2) is 24.3 Å². The molecule has 0 aliphatic heterocycles. The summed E-state index contributed by atoms with van der Waals surface area (Å²) in [5, 5.41) is 3.45. The average molecular weight is 203 g/mol. The maximum atomic E-state index is 3.45. The third kappa shape index (κ3) is 2.82. The van der Waals surface area contributed by atoms with Gasteiger partial charge in [-0.2, -0.15) is 0 Å². The molecule has 1 aliphatic carbocycles. The lowest BCUT2D eigenvalue weighted by molar-refractivity contribution is 0.419. The summed E-state index contributed by atoms with van der Waals surface area (Å²) in [5.74, 6) is 0.858. The van der Waals surface area contributed by atoms with Crippen molar-refractivity contribution < 1.29 is 0 Å². The van der Waals surface area contributed by atoms with E-state index < -0.39 is 0 Å². The van der Waals surface area contributed by atoms with Crippen LogP contribution in [0.25, 0.3) is 0 Å². The standard InChI is InChI=1S/C14H21N/c1-2-9-15-11-12-5-3-8-14(10-12)13-6-4-7-13/h3,5,8,10,13,15H,2,4,6-7,9,11H2,1H3. The van der Waals surface area contributed by atoms with Gasteiger partial charge in [-0.3, -0.25) is 0 Å². The van der Waals surface area contributed by atoms with Crippen LogP contribution in [0.1, 0.15) is 49.7 Å². The summed E-state index contributed by atoms with van der Waals surface area (Å²) in [7, 11) is 0. The highest BCUT2D eigenvalue weighted by Gasteiger charge is 2.19. The Labute approximate surface area is 92.9 Å². The number of nitrogens with one attached hydrogen (secondary N) is 1. The Morgan fingerprint density at radius 1 is 1.33 bits per heavy atom. The molecule has 2 rings (SSSR count). The molecule has 0 heterocycles. The Kier molecular flexibility index (Phi) is 3.79. The summed E-state index contributed by atoms with van der Waals surface area (Å²) in [6.45, 7) is 4.35. The average Bonchev–Trinajstić information content (AvgIpc) is 2.16. The van der Waals surface area contributed by atoms with Gasteiger partial charge < -0.3 is 5.32 Å². The SMILES string of the molecule is CCCNCc1cccc(C2CCC2)c1. The van der Waals surface area contributed by atoms with Crippen LogP contribution in [-0.2, 0) is 6.54 Å². The van der Waals surface area contributed by atoms with Crippen LogP contribution >= 0.6 is 0 Å². The Morgan fingerprint density at radius 2 is 2.20 bits per heavy atom. The van der Waals surface area contributed by atoms with E-state index in [1.54, 1.807) is 5.56 Å². The fourth-order valence-electron chi connectivity index (χ4n) is 2.11. The molecule has 0 atom stereocenters. The first-order chi connectivity index (χ1) is 7.40. The summed E-state index contributed by atoms with van der Waals surface area (Å²) >= 11 is 0. The van der Waals surface area contributed by atoms with Gasteiger partial charge in [0.2, 0.25) is 0 Å². The topological polar surface area (TPSA) is 12.0 Å². The van der Waals surface area contributed by atoms with Crippen molar-refractivity contribution in [2.45, 2.75) is 45.1 Å². The van der Waals surface area contributed by atoms with Crippen molar-refractivity contribution in [3.63, 3.8) is 0 Å². The summed E-state index contributed by atoms with van der Waals surface area (Å²) in [4.78, 5) is 0. The molecule has 0 aromatic heterocycles. The van der Waals surface area contributed by atoms with Crippen molar-refractivity contribution in [3.8, 4) is 0 Å². The monoisotopic (exact) mass is 203 g/mol. The molecule has 1 N–H and O–H groups in total. The second-order valence-corrected chi connectivity index (χ2v) is 4.55. The van der Waals surface area contributed by atoms with E-state index in [2.05, 4.69) is 36.5 Å². The lowest BCUT2D eigenvalue weighted by Crippen LogP contribution is -2.14. The van der Waals surface area contributed by atoms with Crippen LogP contribution in [-0.4, -0.2) is 6.54 Å². The van der Waals surface area contributed by atoms with Crippen LogP contribution in [0.3, 0.4) is 0 Å². The summed E-state index contributed by atoms with van der Waals surface area (Å²) < 4.78 is 0. The lowest BCUT2D eigenvalue weighted by atomic mass is 9.80. The third-order valence-electron chi connectivity index (χ3n) is 3.28. The zero-order valence-electron chi connectivity index (χ0n) is 9.63. The molecule has 0 amide bonds. The maximum Gasteiger partial charge on any atom is 0.0205 e. The number of hydrogen-bond donors (Lipinski definition) is 1. The fourth-order valence-corrected chi connectivity index (χ4v) is 2.11. The van der Waals surface area contributed by atoms with Crippen molar-refractivity contribution in [2.24, 2.45) is 0 Å². The van der Waals surface area contributed by atoms with Crippen LogP contribution in [0.5, 0.6) is 0 Å². The maximum absolute atomic E-state index is 3.45. The quantitative estimate of drug-likeness (QED) is 0.723. The van der Waals surface area contributed by atoms with Gasteiger partial charge in [-0.05, 0) is 42.9 Å². The van der Waals surface area contributed by atoms with E-state index in [4.69, 9.17) is 0 Å².